The van der Waals surface area contributed by atoms with Gasteiger partial charge in [-0.3, -0.25) is 14.9 Å². The number of nitro groups is 1. The van der Waals surface area contributed by atoms with Crippen LogP contribution in [0.1, 0.15) is 5.56 Å². The minimum atomic E-state index is -0.469. The van der Waals surface area contributed by atoms with Crippen molar-refractivity contribution in [2.45, 2.75) is 0 Å². The predicted octanol–water partition coefficient (Wildman–Crippen LogP) is 5.35. The average Bonchev–Trinajstić information content (AvgIpc) is 3.34. The van der Waals surface area contributed by atoms with E-state index in [-0.39, 0.29) is 23.0 Å². The predicted molar refractivity (Wildman–Crippen MR) is 136 cm³/mol. The van der Waals surface area contributed by atoms with E-state index in [4.69, 9.17) is 5.10 Å². The minimum absolute atomic E-state index is 0.110. The lowest BCUT2D eigenvalue weighted by Crippen LogP contribution is -2.27. The number of para-hydroxylation sites is 3. The number of benzene rings is 3. The van der Waals surface area contributed by atoms with E-state index in [0.717, 1.165) is 15.7 Å². The molecule has 168 valence electrons. The van der Waals surface area contributed by atoms with Gasteiger partial charge >= 0.3 is 0 Å². The van der Waals surface area contributed by atoms with Gasteiger partial charge in [0.2, 0.25) is 4.80 Å². The number of thiazole rings is 1. The normalized spacial score (nSPS) is 14.6. The second-order valence-corrected chi connectivity index (χ2v) is 9.17. The maximum Gasteiger partial charge on any atom is 0.294 e. The molecule has 0 unspecified atom stereocenters. The van der Waals surface area contributed by atoms with Crippen LogP contribution in [0, 0.1) is 10.1 Å². The van der Waals surface area contributed by atoms with E-state index in [1.807, 2.05) is 53.9 Å². The first kappa shape index (κ1) is 21.9. The summed E-state index contributed by atoms with van der Waals surface area (Å²) in [5, 5.41) is 18.1. The van der Waals surface area contributed by atoms with E-state index in [2.05, 4.69) is 20.9 Å². The summed E-state index contributed by atoms with van der Waals surface area (Å²) in [6.45, 7) is 0. The van der Waals surface area contributed by atoms with Gasteiger partial charge in [-0.1, -0.05) is 58.4 Å². The Balaban J connectivity index is 1.78. The SMILES string of the molecule is CN1C(=O)C(=Nn2c(-c3cccc(Br)c3)csc2=Nc2ccccc2[N+](=O)[O-])c2ccccc21. The Morgan fingerprint density at radius 3 is 2.59 bits per heavy atom. The summed E-state index contributed by atoms with van der Waals surface area (Å²) in [6.07, 6.45) is 0. The number of rotatable bonds is 4. The third-order valence-corrected chi connectivity index (χ3v) is 6.64. The van der Waals surface area contributed by atoms with Gasteiger partial charge in [-0.2, -0.15) is 5.10 Å². The van der Waals surface area contributed by atoms with Gasteiger partial charge in [-0.25, -0.2) is 9.67 Å². The molecule has 2 heterocycles. The van der Waals surface area contributed by atoms with Crippen LogP contribution in [0.5, 0.6) is 0 Å². The Morgan fingerprint density at radius 2 is 1.79 bits per heavy atom. The zero-order valence-electron chi connectivity index (χ0n) is 17.8. The smallest absolute Gasteiger partial charge is 0.294 e. The highest BCUT2D eigenvalue weighted by Crippen LogP contribution is 2.30. The number of aromatic nitrogens is 1. The van der Waals surface area contributed by atoms with Crippen LogP contribution >= 0.6 is 27.3 Å². The van der Waals surface area contributed by atoms with Crippen molar-refractivity contribution >= 4 is 55.9 Å². The van der Waals surface area contributed by atoms with E-state index in [0.29, 0.717) is 16.1 Å². The molecular formula is C24H16BrN5O3S. The van der Waals surface area contributed by atoms with Gasteiger partial charge in [-0.15, -0.1) is 11.3 Å². The highest BCUT2D eigenvalue weighted by molar-refractivity contribution is 9.10. The largest absolute Gasteiger partial charge is 0.309 e. The number of amides is 1. The Bertz CT molecular complexity index is 1560. The number of hydrogen-bond acceptors (Lipinski definition) is 6. The summed E-state index contributed by atoms with van der Waals surface area (Å²) < 4.78 is 2.46. The number of carbonyl (C=O) groups excluding carboxylic acids is 1. The van der Waals surface area contributed by atoms with Crippen LogP contribution in [-0.4, -0.2) is 28.3 Å². The lowest BCUT2D eigenvalue weighted by molar-refractivity contribution is -0.384. The lowest BCUT2D eigenvalue weighted by Gasteiger charge is -2.08. The first-order chi connectivity index (χ1) is 16.4. The minimum Gasteiger partial charge on any atom is -0.309 e. The first-order valence-corrected chi connectivity index (χ1v) is 11.8. The Morgan fingerprint density at radius 1 is 1.03 bits per heavy atom. The molecule has 0 spiro atoms. The molecule has 1 aliphatic rings. The molecule has 4 aromatic rings. The van der Waals surface area contributed by atoms with Crippen molar-refractivity contribution in [3.63, 3.8) is 0 Å². The summed E-state index contributed by atoms with van der Waals surface area (Å²) in [4.78, 5) is 30.6. The number of nitrogens with zero attached hydrogens (tertiary/aromatic N) is 5. The zero-order chi connectivity index (χ0) is 23.8. The van der Waals surface area contributed by atoms with Crippen LogP contribution in [0.4, 0.5) is 17.1 Å². The second-order valence-electron chi connectivity index (χ2n) is 7.41. The van der Waals surface area contributed by atoms with Gasteiger partial charge in [0, 0.05) is 34.1 Å². The van der Waals surface area contributed by atoms with Crippen molar-refractivity contribution in [3.05, 3.63) is 103 Å². The molecule has 8 nitrogen and oxygen atoms in total. The van der Waals surface area contributed by atoms with Crippen LogP contribution in [0.15, 0.2) is 92.7 Å². The molecule has 0 bridgehead atoms. The molecule has 34 heavy (non-hydrogen) atoms. The maximum atomic E-state index is 13.1. The van der Waals surface area contributed by atoms with Gasteiger partial charge in [0.15, 0.2) is 5.71 Å². The molecule has 0 saturated carbocycles. The van der Waals surface area contributed by atoms with Crippen molar-refractivity contribution in [2.75, 3.05) is 11.9 Å². The Hall–Kier alpha value is -3.89. The molecule has 0 radical (unpaired) electrons. The van der Waals surface area contributed by atoms with Crippen LogP contribution in [0.3, 0.4) is 0 Å². The Labute approximate surface area is 206 Å². The third-order valence-electron chi connectivity index (χ3n) is 5.33. The molecule has 1 aromatic heterocycles. The molecule has 0 fully saturated rings. The van der Waals surface area contributed by atoms with E-state index in [9.17, 15) is 14.9 Å². The molecule has 10 heteroatoms. The number of hydrogen-bond donors (Lipinski definition) is 0. The van der Waals surface area contributed by atoms with Crippen molar-refractivity contribution in [1.82, 2.24) is 4.68 Å². The van der Waals surface area contributed by atoms with Crippen LogP contribution < -0.4 is 9.70 Å². The van der Waals surface area contributed by atoms with Gasteiger partial charge in [-0.05, 0) is 24.3 Å². The summed E-state index contributed by atoms with van der Waals surface area (Å²) in [5.74, 6) is -0.239. The molecule has 0 aliphatic carbocycles. The van der Waals surface area contributed by atoms with E-state index in [1.54, 1.807) is 34.8 Å². The van der Waals surface area contributed by atoms with E-state index in [1.165, 1.54) is 17.4 Å². The van der Waals surface area contributed by atoms with Crippen molar-refractivity contribution < 1.29 is 9.72 Å². The molecule has 0 N–H and O–H groups in total. The van der Waals surface area contributed by atoms with Gasteiger partial charge < -0.3 is 4.90 Å². The fourth-order valence-corrected chi connectivity index (χ4v) is 4.92. The van der Waals surface area contributed by atoms with Crippen molar-refractivity contribution in [1.29, 1.82) is 0 Å². The molecule has 0 saturated heterocycles. The van der Waals surface area contributed by atoms with Crippen LogP contribution in [-0.2, 0) is 4.79 Å². The monoisotopic (exact) mass is 533 g/mol. The zero-order valence-corrected chi connectivity index (χ0v) is 20.2. The molecule has 1 aliphatic heterocycles. The van der Waals surface area contributed by atoms with Crippen LogP contribution in [0.25, 0.3) is 11.3 Å². The number of anilines is 1. The molecular weight excluding hydrogens is 518 g/mol. The molecule has 5 rings (SSSR count). The van der Waals surface area contributed by atoms with Crippen molar-refractivity contribution in [3.8, 4) is 11.3 Å². The summed E-state index contributed by atoms with van der Waals surface area (Å²) >= 11 is 4.78. The quantitative estimate of drug-likeness (QED) is 0.261. The molecule has 3 aromatic carbocycles. The van der Waals surface area contributed by atoms with Gasteiger partial charge in [0.25, 0.3) is 11.6 Å². The average molecular weight is 534 g/mol. The topological polar surface area (TPSA) is 93.1 Å². The fourth-order valence-electron chi connectivity index (χ4n) is 3.68. The lowest BCUT2D eigenvalue weighted by atomic mass is 10.1. The number of halogens is 1. The number of carbonyl (C=O) groups is 1. The summed E-state index contributed by atoms with van der Waals surface area (Å²) in [6, 6.07) is 21.4. The fraction of sp³-hybridized carbons (Fsp3) is 0.0417. The third kappa shape index (κ3) is 3.87. The molecule has 1 amide bonds. The first-order valence-electron chi connectivity index (χ1n) is 10.1. The highest BCUT2D eigenvalue weighted by atomic mass is 79.9. The number of nitro benzene ring substituents is 1. The van der Waals surface area contributed by atoms with Gasteiger partial charge in [0.1, 0.15) is 5.69 Å². The summed E-state index contributed by atoms with van der Waals surface area (Å²) in [7, 11) is 1.70. The van der Waals surface area contributed by atoms with E-state index >= 15 is 0 Å². The van der Waals surface area contributed by atoms with Gasteiger partial charge in [0.05, 0.1) is 16.3 Å². The molecule has 0 atom stereocenters. The van der Waals surface area contributed by atoms with Crippen LogP contribution in [0.2, 0.25) is 0 Å². The summed E-state index contributed by atoms with van der Waals surface area (Å²) in [5.41, 5.74) is 3.41. The number of fused-ring (bicyclic) bond motifs is 1. The van der Waals surface area contributed by atoms with Crippen molar-refractivity contribution in [2.24, 2.45) is 10.1 Å². The standard InChI is InChI=1S/C24H16BrN5O3S/c1-28-19-11-4-2-9-17(19)22(23(28)31)27-29-21(15-7-6-8-16(25)13-15)14-34-24(29)26-18-10-3-5-12-20(18)30(32)33/h2-14H,1H3. The Kier molecular flexibility index (Phi) is 5.68. The highest BCUT2D eigenvalue weighted by Gasteiger charge is 2.31. The maximum absolute atomic E-state index is 13.1. The van der Waals surface area contributed by atoms with E-state index < -0.39 is 4.92 Å². The number of likely N-dealkylation sites (N-methyl/N-ethyl adjacent to an activating group) is 1. The second kappa shape index (κ2) is 8.81.